The van der Waals surface area contributed by atoms with Crippen molar-refractivity contribution in [1.82, 2.24) is 4.98 Å². The molecule has 1 aromatic carbocycles. The Labute approximate surface area is 115 Å². The number of pyridine rings is 1. The number of hydrogen-bond acceptors (Lipinski definition) is 3. The van der Waals surface area contributed by atoms with Gasteiger partial charge in [0.05, 0.1) is 5.02 Å². The molecular weight excluding hydrogens is 271 g/mol. The van der Waals surface area contributed by atoms with Gasteiger partial charge in [0.2, 0.25) is 0 Å². The van der Waals surface area contributed by atoms with Crippen molar-refractivity contribution in [2.24, 2.45) is 5.73 Å². The number of rotatable bonds is 4. The van der Waals surface area contributed by atoms with Crippen LogP contribution in [0.25, 0.3) is 0 Å². The van der Waals surface area contributed by atoms with Crippen molar-refractivity contribution < 1.29 is 4.74 Å². The van der Waals surface area contributed by atoms with E-state index >= 15 is 0 Å². The summed E-state index contributed by atoms with van der Waals surface area (Å²) in [5.41, 5.74) is 6.61. The minimum absolute atomic E-state index is 0.297. The zero-order valence-electron chi connectivity index (χ0n) is 9.51. The molecule has 2 N–H and O–H groups in total. The molecule has 94 valence electrons. The third kappa shape index (κ3) is 3.13. The molecule has 0 fully saturated rings. The van der Waals surface area contributed by atoms with Crippen LogP contribution in [0.5, 0.6) is 5.75 Å². The fraction of sp³-hybridized carbons (Fsp3) is 0.154. The van der Waals surface area contributed by atoms with Gasteiger partial charge in [-0.1, -0.05) is 29.3 Å². The van der Waals surface area contributed by atoms with Crippen molar-refractivity contribution in [1.29, 1.82) is 0 Å². The van der Waals surface area contributed by atoms with Crippen molar-refractivity contribution in [3.8, 4) is 5.75 Å². The average Bonchev–Trinajstić information content (AvgIpc) is 2.41. The summed E-state index contributed by atoms with van der Waals surface area (Å²) < 4.78 is 5.78. The van der Waals surface area contributed by atoms with E-state index in [2.05, 4.69) is 4.98 Å². The van der Waals surface area contributed by atoms with Crippen LogP contribution in [-0.4, -0.2) is 11.5 Å². The van der Waals surface area contributed by atoms with Crippen LogP contribution in [0.3, 0.4) is 0 Å². The van der Waals surface area contributed by atoms with E-state index in [1.807, 2.05) is 12.1 Å². The van der Waals surface area contributed by atoms with E-state index in [0.717, 1.165) is 5.56 Å². The number of benzene rings is 1. The normalized spacial score (nSPS) is 12.2. The first-order chi connectivity index (χ1) is 8.70. The summed E-state index contributed by atoms with van der Waals surface area (Å²) in [5, 5.41) is 1.07. The summed E-state index contributed by atoms with van der Waals surface area (Å²) in [6.07, 6.45) is 3.12. The molecule has 0 amide bonds. The summed E-state index contributed by atoms with van der Waals surface area (Å²) in [7, 11) is 0. The van der Waals surface area contributed by atoms with E-state index in [0.29, 0.717) is 22.3 Å². The van der Waals surface area contributed by atoms with Crippen LogP contribution >= 0.6 is 23.2 Å². The maximum atomic E-state index is 6.04. The summed E-state index contributed by atoms with van der Waals surface area (Å²) in [5.74, 6) is 0.517. The number of nitrogens with two attached hydrogens (primary N) is 1. The number of aromatic nitrogens is 1. The quantitative estimate of drug-likeness (QED) is 0.934. The van der Waals surface area contributed by atoms with Gasteiger partial charge in [0.1, 0.15) is 11.9 Å². The summed E-state index contributed by atoms with van der Waals surface area (Å²) in [6.45, 7) is 0.328. The Kier molecular flexibility index (Phi) is 4.42. The largest absolute Gasteiger partial charge is 0.483 e. The first-order valence-electron chi connectivity index (χ1n) is 5.42. The van der Waals surface area contributed by atoms with E-state index in [1.54, 1.807) is 30.6 Å². The molecule has 0 spiro atoms. The lowest BCUT2D eigenvalue weighted by atomic mass is 10.1. The average molecular weight is 283 g/mol. The molecular formula is C13H12Cl2N2O. The van der Waals surface area contributed by atoms with Crippen LogP contribution in [0, 0.1) is 0 Å². The second-order valence-electron chi connectivity index (χ2n) is 3.70. The van der Waals surface area contributed by atoms with Gasteiger partial charge in [-0.15, -0.1) is 0 Å². The molecule has 1 aromatic heterocycles. The Morgan fingerprint density at radius 1 is 1.28 bits per heavy atom. The van der Waals surface area contributed by atoms with Crippen LogP contribution in [0.4, 0.5) is 0 Å². The van der Waals surface area contributed by atoms with Gasteiger partial charge in [-0.05, 0) is 18.2 Å². The van der Waals surface area contributed by atoms with E-state index in [9.17, 15) is 0 Å². The SMILES string of the molecule is NCC(Oc1cc(Cl)ccc1Cl)c1cccnc1. The third-order valence-corrected chi connectivity index (χ3v) is 2.98. The smallest absolute Gasteiger partial charge is 0.140 e. The molecule has 1 heterocycles. The molecule has 1 atom stereocenters. The van der Waals surface area contributed by atoms with Crippen molar-refractivity contribution >= 4 is 23.2 Å². The monoisotopic (exact) mass is 282 g/mol. The second kappa shape index (κ2) is 6.05. The van der Waals surface area contributed by atoms with Gasteiger partial charge in [0.15, 0.2) is 0 Å². The predicted octanol–water partition coefficient (Wildman–Crippen LogP) is 3.47. The van der Waals surface area contributed by atoms with E-state index in [-0.39, 0.29) is 6.10 Å². The molecule has 18 heavy (non-hydrogen) atoms. The highest BCUT2D eigenvalue weighted by atomic mass is 35.5. The van der Waals surface area contributed by atoms with Crippen LogP contribution in [-0.2, 0) is 0 Å². The van der Waals surface area contributed by atoms with E-state index < -0.39 is 0 Å². The highest BCUT2D eigenvalue weighted by Crippen LogP contribution is 2.31. The van der Waals surface area contributed by atoms with Crippen molar-refractivity contribution in [3.05, 3.63) is 58.3 Å². The zero-order chi connectivity index (χ0) is 13.0. The summed E-state index contributed by atoms with van der Waals surface area (Å²) in [4.78, 5) is 4.04. The predicted molar refractivity (Wildman–Crippen MR) is 73.1 cm³/mol. The van der Waals surface area contributed by atoms with Crippen LogP contribution in [0.1, 0.15) is 11.7 Å². The topological polar surface area (TPSA) is 48.1 Å². The van der Waals surface area contributed by atoms with Crippen molar-refractivity contribution in [2.45, 2.75) is 6.10 Å². The van der Waals surface area contributed by atoms with Gasteiger partial charge >= 0.3 is 0 Å². The highest BCUT2D eigenvalue weighted by Gasteiger charge is 2.13. The third-order valence-electron chi connectivity index (χ3n) is 2.43. The lowest BCUT2D eigenvalue weighted by Gasteiger charge is -2.18. The van der Waals surface area contributed by atoms with Crippen molar-refractivity contribution in [3.63, 3.8) is 0 Å². The number of nitrogens with zero attached hydrogens (tertiary/aromatic N) is 1. The zero-order valence-corrected chi connectivity index (χ0v) is 11.0. The number of ether oxygens (including phenoxy) is 1. The number of hydrogen-bond donors (Lipinski definition) is 1. The lowest BCUT2D eigenvalue weighted by molar-refractivity contribution is 0.214. The fourth-order valence-corrected chi connectivity index (χ4v) is 1.86. The van der Waals surface area contributed by atoms with Gasteiger partial charge in [0.25, 0.3) is 0 Å². The molecule has 0 aliphatic rings. The van der Waals surface area contributed by atoms with Gasteiger partial charge in [-0.2, -0.15) is 0 Å². The van der Waals surface area contributed by atoms with Crippen LogP contribution in [0.15, 0.2) is 42.7 Å². The Balaban J connectivity index is 2.23. The first-order valence-corrected chi connectivity index (χ1v) is 6.18. The van der Waals surface area contributed by atoms with E-state index in [4.69, 9.17) is 33.7 Å². The van der Waals surface area contributed by atoms with Crippen molar-refractivity contribution in [2.75, 3.05) is 6.54 Å². The lowest BCUT2D eigenvalue weighted by Crippen LogP contribution is -2.18. The Morgan fingerprint density at radius 2 is 2.11 bits per heavy atom. The standard InChI is InChI=1S/C13H12Cl2N2O/c14-10-3-4-11(15)12(6-10)18-13(7-16)9-2-1-5-17-8-9/h1-6,8,13H,7,16H2. The maximum absolute atomic E-state index is 6.04. The molecule has 0 bridgehead atoms. The van der Waals surface area contributed by atoms with E-state index in [1.165, 1.54) is 0 Å². The molecule has 2 aromatic rings. The van der Waals surface area contributed by atoms with Gasteiger partial charge < -0.3 is 10.5 Å². The first kappa shape index (κ1) is 13.1. The van der Waals surface area contributed by atoms with Crippen LogP contribution < -0.4 is 10.5 Å². The van der Waals surface area contributed by atoms with Gasteiger partial charge in [-0.3, -0.25) is 4.98 Å². The molecule has 0 aliphatic heterocycles. The molecule has 0 saturated carbocycles. The molecule has 2 rings (SSSR count). The Hall–Kier alpha value is -1.29. The molecule has 1 unspecified atom stereocenters. The van der Waals surface area contributed by atoms with Crippen LogP contribution in [0.2, 0.25) is 10.0 Å². The molecule has 0 radical (unpaired) electrons. The Morgan fingerprint density at radius 3 is 2.78 bits per heavy atom. The van der Waals surface area contributed by atoms with Gasteiger partial charge in [-0.25, -0.2) is 0 Å². The summed E-state index contributed by atoms with van der Waals surface area (Å²) >= 11 is 12.0. The molecule has 3 nitrogen and oxygen atoms in total. The fourth-order valence-electron chi connectivity index (χ4n) is 1.54. The van der Waals surface area contributed by atoms with Gasteiger partial charge in [0, 0.05) is 35.6 Å². The maximum Gasteiger partial charge on any atom is 0.140 e. The minimum Gasteiger partial charge on any atom is -0.483 e. The minimum atomic E-state index is -0.297. The summed E-state index contributed by atoms with van der Waals surface area (Å²) in [6, 6.07) is 8.81. The second-order valence-corrected chi connectivity index (χ2v) is 4.55. The molecule has 0 saturated heterocycles. The molecule has 5 heteroatoms. The number of halogens is 2. The molecule has 0 aliphatic carbocycles. The Bertz CT molecular complexity index is 520. The highest BCUT2D eigenvalue weighted by molar-refractivity contribution is 6.34.